The molecule has 0 aromatic carbocycles. The van der Waals surface area contributed by atoms with Gasteiger partial charge in [0.05, 0.1) is 11.4 Å². The fraction of sp³-hybridized carbons (Fsp3) is 0.500. The highest BCUT2D eigenvalue weighted by Gasteiger charge is 2.34. The largest absolute Gasteiger partial charge is 0.433 e. The molecule has 2 heterocycles. The molecule has 0 unspecified atom stereocenters. The van der Waals surface area contributed by atoms with Crippen LogP contribution in [0.25, 0.3) is 11.3 Å². The summed E-state index contributed by atoms with van der Waals surface area (Å²) in [5.41, 5.74) is 0.414. The Morgan fingerprint density at radius 1 is 1.32 bits per heavy atom. The minimum Gasteiger partial charge on any atom is -0.352 e. The molecule has 0 radical (unpaired) electrons. The fourth-order valence-electron chi connectivity index (χ4n) is 1.97. The molecule has 2 aromatic heterocycles. The highest BCUT2D eigenvalue weighted by atomic mass is 19.4. The van der Waals surface area contributed by atoms with Crippen LogP contribution in [0.5, 0.6) is 0 Å². The molecule has 8 heteroatoms. The summed E-state index contributed by atoms with van der Waals surface area (Å²) in [6.45, 7) is 5.52. The molecule has 0 aliphatic heterocycles. The Kier molecular flexibility index (Phi) is 4.39. The number of anilines is 1. The molecule has 1 N–H and O–H groups in total. The van der Waals surface area contributed by atoms with Crippen LogP contribution in [0.4, 0.5) is 19.1 Å². The number of rotatable bonds is 4. The second kappa shape index (κ2) is 5.94. The zero-order valence-electron chi connectivity index (χ0n) is 12.9. The summed E-state index contributed by atoms with van der Waals surface area (Å²) in [4.78, 5) is 7.78. The number of hydrogen-bond donors (Lipinski definition) is 1. The van der Waals surface area contributed by atoms with Gasteiger partial charge in [0.2, 0.25) is 5.95 Å². The quantitative estimate of drug-likeness (QED) is 0.940. The van der Waals surface area contributed by atoms with Gasteiger partial charge >= 0.3 is 6.18 Å². The SMILES string of the molecule is CC[C@H](C)Nc1nc(-c2cn(C)nc2C)cc(C(F)(F)F)n1. The lowest BCUT2D eigenvalue weighted by Crippen LogP contribution is -2.18. The monoisotopic (exact) mass is 313 g/mol. The first kappa shape index (κ1) is 16.3. The van der Waals surface area contributed by atoms with Crippen LogP contribution in [0.1, 0.15) is 31.7 Å². The van der Waals surface area contributed by atoms with Gasteiger partial charge in [0, 0.05) is 24.8 Å². The van der Waals surface area contributed by atoms with E-state index in [1.165, 1.54) is 0 Å². The maximum absolute atomic E-state index is 13.0. The van der Waals surface area contributed by atoms with Crippen molar-refractivity contribution in [2.45, 2.75) is 39.4 Å². The van der Waals surface area contributed by atoms with Crippen LogP contribution in [-0.2, 0) is 13.2 Å². The Labute approximate surface area is 126 Å². The third kappa shape index (κ3) is 3.55. The third-order valence-electron chi connectivity index (χ3n) is 3.29. The van der Waals surface area contributed by atoms with Gasteiger partial charge in [-0.1, -0.05) is 6.92 Å². The van der Waals surface area contributed by atoms with Crippen molar-refractivity contribution in [3.63, 3.8) is 0 Å². The van der Waals surface area contributed by atoms with E-state index in [1.807, 2.05) is 13.8 Å². The summed E-state index contributed by atoms with van der Waals surface area (Å²) in [5.74, 6) is -0.0255. The molecule has 0 amide bonds. The van der Waals surface area contributed by atoms with E-state index in [0.29, 0.717) is 11.3 Å². The lowest BCUT2D eigenvalue weighted by molar-refractivity contribution is -0.141. The van der Waals surface area contributed by atoms with E-state index >= 15 is 0 Å². The number of alkyl halides is 3. The zero-order valence-corrected chi connectivity index (χ0v) is 12.9. The summed E-state index contributed by atoms with van der Waals surface area (Å²) < 4.78 is 40.7. The van der Waals surface area contributed by atoms with E-state index in [4.69, 9.17) is 0 Å². The predicted octanol–water partition coefficient (Wildman–Crippen LogP) is 3.41. The number of nitrogens with one attached hydrogen (secondary N) is 1. The molecule has 0 saturated carbocycles. The molecular weight excluding hydrogens is 295 g/mol. The molecule has 120 valence electrons. The minimum absolute atomic E-state index is 0.0219. The molecule has 0 saturated heterocycles. The molecular formula is C14H18F3N5. The Hall–Kier alpha value is -2.12. The van der Waals surface area contributed by atoms with Gasteiger partial charge in [-0.25, -0.2) is 9.97 Å². The Balaban J connectivity index is 2.53. The normalized spacial score (nSPS) is 13.2. The second-order valence-electron chi connectivity index (χ2n) is 5.22. The van der Waals surface area contributed by atoms with Crippen molar-refractivity contribution in [1.82, 2.24) is 19.7 Å². The van der Waals surface area contributed by atoms with Crippen LogP contribution in [0.3, 0.4) is 0 Å². The standard InChI is InChI=1S/C14H18F3N5/c1-5-8(2)18-13-19-11(6-12(20-13)14(15,16)17)10-7-22(4)21-9(10)3/h6-8H,5H2,1-4H3,(H,18,19,20)/t8-/m0/s1. The Bertz CT molecular complexity index is 663. The molecule has 2 aromatic rings. The van der Waals surface area contributed by atoms with E-state index in [-0.39, 0.29) is 17.7 Å². The molecule has 22 heavy (non-hydrogen) atoms. The van der Waals surface area contributed by atoms with Gasteiger partial charge < -0.3 is 5.32 Å². The first-order chi connectivity index (χ1) is 10.2. The summed E-state index contributed by atoms with van der Waals surface area (Å²) in [6, 6.07) is 0.928. The molecule has 0 spiro atoms. The molecule has 0 fully saturated rings. The average Bonchev–Trinajstić information content (AvgIpc) is 2.76. The van der Waals surface area contributed by atoms with E-state index in [9.17, 15) is 13.2 Å². The van der Waals surface area contributed by atoms with Crippen LogP contribution in [0.15, 0.2) is 12.3 Å². The lowest BCUT2D eigenvalue weighted by Gasteiger charge is -2.14. The molecule has 0 aliphatic rings. The van der Waals surface area contributed by atoms with Crippen LogP contribution < -0.4 is 5.32 Å². The minimum atomic E-state index is -4.53. The third-order valence-corrected chi connectivity index (χ3v) is 3.29. The number of hydrogen-bond acceptors (Lipinski definition) is 4. The van der Waals surface area contributed by atoms with E-state index in [0.717, 1.165) is 12.5 Å². The first-order valence-electron chi connectivity index (χ1n) is 6.94. The highest BCUT2D eigenvalue weighted by Crippen LogP contribution is 2.31. The highest BCUT2D eigenvalue weighted by molar-refractivity contribution is 5.62. The summed E-state index contributed by atoms with van der Waals surface area (Å²) >= 11 is 0. The Morgan fingerprint density at radius 3 is 2.50 bits per heavy atom. The zero-order chi connectivity index (χ0) is 16.5. The predicted molar refractivity (Wildman–Crippen MR) is 77.3 cm³/mol. The van der Waals surface area contributed by atoms with Gasteiger partial charge in [-0.15, -0.1) is 0 Å². The number of nitrogens with zero attached hydrogens (tertiary/aromatic N) is 4. The van der Waals surface area contributed by atoms with Gasteiger partial charge in [-0.05, 0) is 26.3 Å². The van der Waals surface area contributed by atoms with Gasteiger partial charge in [0.25, 0.3) is 0 Å². The van der Waals surface area contributed by atoms with Crippen molar-refractivity contribution in [3.8, 4) is 11.3 Å². The summed E-state index contributed by atoms with van der Waals surface area (Å²) in [5, 5.41) is 7.03. The van der Waals surface area contributed by atoms with Crippen LogP contribution >= 0.6 is 0 Å². The van der Waals surface area contributed by atoms with Crippen molar-refractivity contribution in [2.24, 2.45) is 7.05 Å². The van der Waals surface area contributed by atoms with Crippen molar-refractivity contribution in [2.75, 3.05) is 5.32 Å². The van der Waals surface area contributed by atoms with Crippen LogP contribution in [-0.4, -0.2) is 25.8 Å². The summed E-state index contributed by atoms with van der Waals surface area (Å²) in [7, 11) is 1.71. The van der Waals surface area contributed by atoms with Crippen molar-refractivity contribution in [3.05, 3.63) is 23.7 Å². The molecule has 1 atom stereocenters. The molecule has 5 nitrogen and oxygen atoms in total. The van der Waals surface area contributed by atoms with Gasteiger partial charge in [-0.2, -0.15) is 18.3 Å². The maximum atomic E-state index is 13.0. The van der Waals surface area contributed by atoms with Crippen LogP contribution in [0, 0.1) is 6.92 Å². The van der Waals surface area contributed by atoms with Crippen LogP contribution in [0.2, 0.25) is 0 Å². The molecule has 0 aliphatic carbocycles. The molecule has 0 bridgehead atoms. The summed E-state index contributed by atoms with van der Waals surface area (Å²) in [6.07, 6.45) is -2.13. The van der Waals surface area contributed by atoms with Gasteiger partial charge in [-0.3, -0.25) is 4.68 Å². The molecule has 2 rings (SSSR count). The van der Waals surface area contributed by atoms with Gasteiger partial charge in [0.1, 0.15) is 0 Å². The van der Waals surface area contributed by atoms with Crippen molar-refractivity contribution >= 4 is 5.95 Å². The second-order valence-corrected chi connectivity index (χ2v) is 5.22. The van der Waals surface area contributed by atoms with Gasteiger partial charge in [0.15, 0.2) is 5.69 Å². The fourth-order valence-corrected chi connectivity index (χ4v) is 1.97. The number of aryl methyl sites for hydroxylation is 2. The van der Waals surface area contributed by atoms with Crippen molar-refractivity contribution in [1.29, 1.82) is 0 Å². The first-order valence-corrected chi connectivity index (χ1v) is 6.94. The lowest BCUT2D eigenvalue weighted by atomic mass is 10.1. The van der Waals surface area contributed by atoms with E-state index < -0.39 is 11.9 Å². The maximum Gasteiger partial charge on any atom is 0.433 e. The van der Waals surface area contributed by atoms with E-state index in [1.54, 1.807) is 24.9 Å². The average molecular weight is 313 g/mol. The topological polar surface area (TPSA) is 55.6 Å². The smallest absolute Gasteiger partial charge is 0.352 e. The number of aromatic nitrogens is 4. The Morgan fingerprint density at radius 2 is 2.00 bits per heavy atom. The number of halogens is 3. The van der Waals surface area contributed by atoms with E-state index in [2.05, 4.69) is 20.4 Å². The van der Waals surface area contributed by atoms with Crippen molar-refractivity contribution < 1.29 is 13.2 Å².